The van der Waals surface area contributed by atoms with E-state index in [9.17, 15) is 4.39 Å². The third kappa shape index (κ3) is 3.71. The number of hydrogen-bond acceptors (Lipinski definition) is 0. The van der Waals surface area contributed by atoms with Crippen molar-refractivity contribution < 1.29 is 4.39 Å². The van der Waals surface area contributed by atoms with Crippen LogP contribution in [0.25, 0.3) is 22.3 Å². The van der Waals surface area contributed by atoms with Crippen LogP contribution in [0.4, 0.5) is 4.39 Å². The Morgan fingerprint density at radius 2 is 1.00 bits per heavy atom. The molecule has 0 spiro atoms. The van der Waals surface area contributed by atoms with Crippen molar-refractivity contribution in [3.05, 3.63) is 60.4 Å². The molecule has 0 heterocycles. The summed E-state index contributed by atoms with van der Waals surface area (Å²) in [6.45, 7) is 0. The first-order chi connectivity index (χ1) is 11.0. The molecule has 5 heteroatoms. The monoisotopic (exact) mass is 376 g/mol. The summed E-state index contributed by atoms with van der Waals surface area (Å²) in [7, 11) is 10.7. The molecule has 0 saturated carbocycles. The summed E-state index contributed by atoms with van der Waals surface area (Å²) in [5, 5.41) is 4.38. The van der Waals surface area contributed by atoms with Crippen LogP contribution in [-0.2, 0) is 0 Å². The molecular formula is C18H17FP4. The number of benzene rings is 3. The second kappa shape index (κ2) is 7.05. The molecule has 4 atom stereocenters. The largest absolute Gasteiger partial charge is 0.206 e. The van der Waals surface area contributed by atoms with Gasteiger partial charge in [-0.25, -0.2) is 4.39 Å². The van der Waals surface area contributed by atoms with Crippen molar-refractivity contribution in [3.8, 4) is 22.3 Å². The molecule has 0 fully saturated rings. The van der Waals surface area contributed by atoms with Crippen molar-refractivity contribution in [1.82, 2.24) is 0 Å². The quantitative estimate of drug-likeness (QED) is 0.603. The molecule has 0 aliphatic heterocycles. The molecule has 0 aromatic heterocycles. The molecule has 0 saturated heterocycles. The van der Waals surface area contributed by atoms with Gasteiger partial charge in [0.2, 0.25) is 0 Å². The fraction of sp³-hybridized carbons (Fsp3) is 0. The normalized spacial score (nSPS) is 10.8. The summed E-state index contributed by atoms with van der Waals surface area (Å²) in [5.74, 6) is -0.205. The fourth-order valence-electron chi connectivity index (χ4n) is 2.43. The lowest BCUT2D eigenvalue weighted by Gasteiger charge is -2.10. The highest BCUT2D eigenvalue weighted by Crippen LogP contribution is 2.27. The van der Waals surface area contributed by atoms with Crippen LogP contribution in [-0.4, -0.2) is 0 Å². The third-order valence-corrected chi connectivity index (χ3v) is 6.51. The van der Waals surface area contributed by atoms with Crippen LogP contribution in [0.5, 0.6) is 0 Å². The maximum absolute atomic E-state index is 14.6. The van der Waals surface area contributed by atoms with E-state index in [0.717, 1.165) is 37.9 Å². The highest BCUT2D eigenvalue weighted by Gasteiger charge is 2.09. The summed E-state index contributed by atoms with van der Waals surface area (Å²) in [5.41, 5.74) is 3.40. The molecular weight excluding hydrogens is 359 g/mol. The molecule has 0 amide bonds. The molecule has 0 nitrogen and oxygen atoms in total. The molecule has 0 radical (unpaired) electrons. The molecule has 3 aromatic carbocycles. The van der Waals surface area contributed by atoms with Crippen molar-refractivity contribution in [2.45, 2.75) is 0 Å². The van der Waals surface area contributed by atoms with E-state index in [1.165, 1.54) is 0 Å². The van der Waals surface area contributed by atoms with Gasteiger partial charge in [0.15, 0.2) is 0 Å². The van der Waals surface area contributed by atoms with Crippen molar-refractivity contribution in [1.29, 1.82) is 0 Å². The number of hydrogen-bond donors (Lipinski definition) is 0. The van der Waals surface area contributed by atoms with Gasteiger partial charge in [-0.05, 0) is 56.1 Å². The van der Waals surface area contributed by atoms with Gasteiger partial charge in [-0.2, -0.15) is 0 Å². The van der Waals surface area contributed by atoms with Gasteiger partial charge in [-0.1, -0.05) is 36.4 Å². The van der Waals surface area contributed by atoms with Crippen LogP contribution in [0.15, 0.2) is 54.6 Å². The molecule has 0 aliphatic carbocycles. The Labute approximate surface area is 145 Å². The Kier molecular flexibility index (Phi) is 5.26. The smallest absolute Gasteiger partial charge is 0.131 e. The van der Waals surface area contributed by atoms with E-state index in [0.29, 0.717) is 5.56 Å². The van der Waals surface area contributed by atoms with Gasteiger partial charge in [0.05, 0.1) is 0 Å². The molecule has 0 bridgehead atoms. The Bertz CT molecular complexity index is 890. The van der Waals surface area contributed by atoms with Gasteiger partial charge < -0.3 is 0 Å². The Morgan fingerprint density at radius 3 is 1.57 bits per heavy atom. The molecule has 0 N–H and O–H groups in total. The minimum absolute atomic E-state index is 0.205. The van der Waals surface area contributed by atoms with E-state index in [-0.39, 0.29) is 5.82 Å². The minimum Gasteiger partial charge on any atom is -0.206 e. The molecule has 3 aromatic rings. The summed E-state index contributed by atoms with van der Waals surface area (Å²) in [4.78, 5) is 0. The predicted octanol–water partition coefficient (Wildman–Crippen LogP) is 3.16. The van der Waals surface area contributed by atoms with Crippen molar-refractivity contribution >= 4 is 58.2 Å². The summed E-state index contributed by atoms with van der Waals surface area (Å²) in [6.07, 6.45) is 0. The van der Waals surface area contributed by atoms with E-state index in [1.807, 2.05) is 48.5 Å². The average molecular weight is 376 g/mol. The zero-order valence-electron chi connectivity index (χ0n) is 12.4. The molecule has 23 heavy (non-hydrogen) atoms. The van der Waals surface area contributed by atoms with Crippen LogP contribution >= 0.6 is 37.0 Å². The van der Waals surface area contributed by atoms with Gasteiger partial charge in [0.25, 0.3) is 0 Å². The SMILES string of the molecule is Fc1cc(-c2ccc(P)c(P)c2)ccc1-c1ccc(P)c(P)c1. The first-order valence-corrected chi connectivity index (χ1v) is 9.37. The van der Waals surface area contributed by atoms with Gasteiger partial charge in [-0.15, -0.1) is 37.0 Å². The van der Waals surface area contributed by atoms with Crippen molar-refractivity contribution in [2.24, 2.45) is 0 Å². The van der Waals surface area contributed by atoms with Gasteiger partial charge in [-0.3, -0.25) is 0 Å². The lowest BCUT2D eigenvalue weighted by atomic mass is 9.99. The number of halogens is 1. The van der Waals surface area contributed by atoms with E-state index >= 15 is 0 Å². The first-order valence-electron chi connectivity index (χ1n) is 7.06. The zero-order valence-corrected chi connectivity index (χ0v) is 17.0. The van der Waals surface area contributed by atoms with Crippen molar-refractivity contribution in [2.75, 3.05) is 0 Å². The minimum atomic E-state index is -0.205. The highest BCUT2D eigenvalue weighted by atomic mass is 31.0. The molecule has 116 valence electrons. The Hall–Kier alpha value is -0.690. The van der Waals surface area contributed by atoms with Crippen LogP contribution in [0.2, 0.25) is 0 Å². The van der Waals surface area contributed by atoms with Crippen LogP contribution in [0.3, 0.4) is 0 Å². The van der Waals surface area contributed by atoms with E-state index in [4.69, 9.17) is 0 Å². The third-order valence-electron chi connectivity index (χ3n) is 3.79. The molecule has 3 rings (SSSR count). The van der Waals surface area contributed by atoms with E-state index in [2.05, 4.69) is 37.0 Å². The van der Waals surface area contributed by atoms with E-state index in [1.54, 1.807) is 6.07 Å². The van der Waals surface area contributed by atoms with Gasteiger partial charge in [0, 0.05) is 5.56 Å². The fourth-order valence-corrected chi connectivity index (χ4v) is 3.34. The zero-order chi connectivity index (χ0) is 16.6. The summed E-state index contributed by atoms with van der Waals surface area (Å²) >= 11 is 0. The first kappa shape index (κ1) is 17.1. The second-order valence-electron chi connectivity index (χ2n) is 5.38. The lowest BCUT2D eigenvalue weighted by molar-refractivity contribution is 0.632. The standard InChI is InChI=1S/C18H17FP4/c19-14-7-10(11-2-5-15(20)17(22)8-11)1-4-13(14)12-3-6-16(21)18(23)9-12/h1-9H,20-23H2. The molecule has 4 unspecified atom stereocenters. The lowest BCUT2D eigenvalue weighted by Crippen LogP contribution is -2.10. The van der Waals surface area contributed by atoms with E-state index < -0.39 is 0 Å². The average Bonchev–Trinajstić information content (AvgIpc) is 2.53. The Balaban J connectivity index is 2.03. The molecule has 0 aliphatic rings. The van der Waals surface area contributed by atoms with Crippen LogP contribution < -0.4 is 21.2 Å². The van der Waals surface area contributed by atoms with Gasteiger partial charge >= 0.3 is 0 Å². The maximum atomic E-state index is 14.6. The van der Waals surface area contributed by atoms with Crippen LogP contribution in [0.1, 0.15) is 0 Å². The maximum Gasteiger partial charge on any atom is 0.131 e. The van der Waals surface area contributed by atoms with Crippen molar-refractivity contribution in [3.63, 3.8) is 0 Å². The summed E-state index contributed by atoms with van der Waals surface area (Å²) < 4.78 is 14.6. The topological polar surface area (TPSA) is 0 Å². The second-order valence-corrected chi connectivity index (χ2v) is 7.87. The van der Waals surface area contributed by atoms with Crippen LogP contribution in [0, 0.1) is 5.82 Å². The van der Waals surface area contributed by atoms with Gasteiger partial charge in [0.1, 0.15) is 5.82 Å². The number of rotatable bonds is 2. The predicted molar refractivity (Wildman–Crippen MR) is 115 cm³/mol. The highest BCUT2D eigenvalue weighted by molar-refractivity contribution is 7.36. The Morgan fingerprint density at radius 1 is 0.522 bits per heavy atom. The summed E-state index contributed by atoms with van der Waals surface area (Å²) in [6, 6.07) is 17.4.